The van der Waals surface area contributed by atoms with Gasteiger partial charge in [0.05, 0.1) is 12.0 Å². The number of nitrogens with zero attached hydrogens (tertiary/aromatic N) is 2. The van der Waals surface area contributed by atoms with E-state index in [2.05, 4.69) is 4.98 Å². The van der Waals surface area contributed by atoms with Crippen molar-refractivity contribution in [2.75, 3.05) is 26.3 Å². The lowest BCUT2D eigenvalue weighted by Crippen LogP contribution is -2.45. The van der Waals surface area contributed by atoms with E-state index in [1.807, 2.05) is 30.3 Å². The first-order chi connectivity index (χ1) is 13.1. The first kappa shape index (κ1) is 17.5. The standard InChI is InChI=1S/C20H20N2O5/c23-18(22-11-14-12-26-9-7-20(14,13-22)19(24)25)17-10-16(6-8-21-17)27-15-4-2-1-3-5-15/h1-6,8,10,14H,7,9,11-13H2,(H,24,25)/t14-,20+/m0/s1. The molecule has 27 heavy (non-hydrogen) atoms. The fraction of sp³-hybridized carbons (Fsp3) is 0.350. The van der Waals surface area contributed by atoms with Crippen LogP contribution in [-0.2, 0) is 9.53 Å². The summed E-state index contributed by atoms with van der Waals surface area (Å²) in [6, 6.07) is 12.5. The molecule has 1 N–H and O–H groups in total. The van der Waals surface area contributed by atoms with Crippen molar-refractivity contribution in [3.8, 4) is 11.5 Å². The Labute approximate surface area is 156 Å². The molecule has 3 heterocycles. The highest BCUT2D eigenvalue weighted by Crippen LogP contribution is 2.42. The molecule has 2 fully saturated rings. The largest absolute Gasteiger partial charge is 0.481 e. The fourth-order valence-electron chi connectivity index (χ4n) is 3.83. The molecule has 140 valence electrons. The maximum atomic E-state index is 12.9. The first-order valence-electron chi connectivity index (χ1n) is 8.88. The number of hydrogen-bond acceptors (Lipinski definition) is 5. The van der Waals surface area contributed by atoms with E-state index in [1.54, 1.807) is 17.0 Å². The minimum Gasteiger partial charge on any atom is -0.481 e. The molecule has 1 aromatic carbocycles. The zero-order valence-corrected chi connectivity index (χ0v) is 14.7. The van der Waals surface area contributed by atoms with Gasteiger partial charge in [0.25, 0.3) is 5.91 Å². The van der Waals surface area contributed by atoms with Gasteiger partial charge in [0.15, 0.2) is 0 Å². The van der Waals surface area contributed by atoms with Crippen LogP contribution >= 0.6 is 0 Å². The highest BCUT2D eigenvalue weighted by atomic mass is 16.5. The zero-order chi connectivity index (χ0) is 18.9. The molecule has 0 bridgehead atoms. The number of aliphatic carboxylic acids is 1. The lowest BCUT2D eigenvalue weighted by molar-refractivity contribution is -0.157. The Hall–Kier alpha value is -2.93. The average Bonchev–Trinajstić information content (AvgIpc) is 3.09. The number of para-hydroxylation sites is 1. The number of ether oxygens (including phenoxy) is 2. The molecule has 0 radical (unpaired) electrons. The van der Waals surface area contributed by atoms with Crippen LogP contribution in [0.15, 0.2) is 48.7 Å². The van der Waals surface area contributed by atoms with Gasteiger partial charge in [-0.1, -0.05) is 18.2 Å². The highest BCUT2D eigenvalue weighted by molar-refractivity contribution is 5.93. The van der Waals surface area contributed by atoms with E-state index in [0.717, 1.165) is 0 Å². The van der Waals surface area contributed by atoms with Crippen LogP contribution in [0.25, 0.3) is 0 Å². The number of aromatic nitrogens is 1. The van der Waals surface area contributed by atoms with E-state index < -0.39 is 11.4 Å². The van der Waals surface area contributed by atoms with Crippen LogP contribution in [0.5, 0.6) is 11.5 Å². The molecule has 7 heteroatoms. The van der Waals surface area contributed by atoms with Crippen LogP contribution < -0.4 is 4.74 Å². The van der Waals surface area contributed by atoms with E-state index in [0.29, 0.717) is 37.7 Å². The van der Waals surface area contributed by atoms with E-state index >= 15 is 0 Å². The number of benzene rings is 1. The lowest BCUT2D eigenvalue weighted by Gasteiger charge is -2.33. The predicted octanol–water partition coefficient (Wildman–Crippen LogP) is 2.44. The second-order valence-corrected chi connectivity index (χ2v) is 6.96. The molecular weight excluding hydrogens is 348 g/mol. The summed E-state index contributed by atoms with van der Waals surface area (Å²) >= 11 is 0. The maximum Gasteiger partial charge on any atom is 0.311 e. The van der Waals surface area contributed by atoms with Crippen molar-refractivity contribution >= 4 is 11.9 Å². The normalized spacial score (nSPS) is 24.3. The highest BCUT2D eigenvalue weighted by Gasteiger charge is 2.55. The summed E-state index contributed by atoms with van der Waals surface area (Å²) < 4.78 is 11.2. The van der Waals surface area contributed by atoms with Gasteiger partial charge in [-0.2, -0.15) is 0 Å². The Bertz CT molecular complexity index is 856. The summed E-state index contributed by atoms with van der Waals surface area (Å²) in [6.45, 7) is 1.31. The van der Waals surface area contributed by atoms with E-state index in [9.17, 15) is 14.7 Å². The number of hydrogen-bond donors (Lipinski definition) is 1. The molecule has 2 aromatic rings. The number of amides is 1. The van der Waals surface area contributed by atoms with Gasteiger partial charge in [0.2, 0.25) is 0 Å². The van der Waals surface area contributed by atoms with Crippen LogP contribution in [0.1, 0.15) is 16.9 Å². The number of carbonyl (C=O) groups is 2. The van der Waals surface area contributed by atoms with Crippen molar-refractivity contribution in [1.82, 2.24) is 9.88 Å². The Morgan fingerprint density at radius 3 is 2.78 bits per heavy atom. The summed E-state index contributed by atoms with van der Waals surface area (Å²) in [7, 11) is 0. The number of pyridine rings is 1. The summed E-state index contributed by atoms with van der Waals surface area (Å²) in [6.07, 6.45) is 1.94. The first-order valence-corrected chi connectivity index (χ1v) is 8.88. The van der Waals surface area contributed by atoms with Crippen molar-refractivity contribution in [3.05, 3.63) is 54.4 Å². The summed E-state index contributed by atoms with van der Waals surface area (Å²) in [4.78, 5) is 30.6. The van der Waals surface area contributed by atoms with Crippen LogP contribution in [0.3, 0.4) is 0 Å². The number of carboxylic acid groups (broad SMARTS) is 1. The van der Waals surface area contributed by atoms with Crippen molar-refractivity contribution in [2.24, 2.45) is 11.3 Å². The molecule has 7 nitrogen and oxygen atoms in total. The predicted molar refractivity (Wildman–Crippen MR) is 95.7 cm³/mol. The van der Waals surface area contributed by atoms with Crippen LogP contribution in [-0.4, -0.2) is 53.2 Å². The third kappa shape index (κ3) is 3.26. The van der Waals surface area contributed by atoms with Crippen molar-refractivity contribution in [3.63, 3.8) is 0 Å². The third-order valence-corrected chi connectivity index (χ3v) is 5.35. The molecule has 2 aliphatic heterocycles. The van der Waals surface area contributed by atoms with E-state index in [-0.39, 0.29) is 24.1 Å². The van der Waals surface area contributed by atoms with Crippen molar-refractivity contribution in [1.29, 1.82) is 0 Å². The Morgan fingerprint density at radius 1 is 1.22 bits per heavy atom. The van der Waals surface area contributed by atoms with Gasteiger partial charge < -0.3 is 19.5 Å². The van der Waals surface area contributed by atoms with Crippen LogP contribution in [0, 0.1) is 11.3 Å². The summed E-state index contributed by atoms with van der Waals surface area (Å²) in [5.74, 6) is -0.177. The second-order valence-electron chi connectivity index (χ2n) is 6.96. The molecule has 2 aliphatic rings. The topological polar surface area (TPSA) is 89.0 Å². The molecule has 1 aromatic heterocycles. The molecular formula is C20H20N2O5. The van der Waals surface area contributed by atoms with Gasteiger partial charge in [0, 0.05) is 37.9 Å². The van der Waals surface area contributed by atoms with E-state index in [4.69, 9.17) is 9.47 Å². The van der Waals surface area contributed by atoms with E-state index in [1.165, 1.54) is 6.20 Å². The Morgan fingerprint density at radius 2 is 2.04 bits per heavy atom. The molecule has 0 saturated carbocycles. The van der Waals surface area contributed by atoms with Crippen LogP contribution in [0.4, 0.5) is 0 Å². The molecule has 0 unspecified atom stereocenters. The third-order valence-electron chi connectivity index (χ3n) is 5.35. The summed E-state index contributed by atoms with van der Waals surface area (Å²) in [5, 5.41) is 9.75. The Balaban J connectivity index is 1.53. The molecule has 4 rings (SSSR count). The van der Waals surface area contributed by atoms with Gasteiger partial charge in [0.1, 0.15) is 17.2 Å². The smallest absolute Gasteiger partial charge is 0.311 e. The van der Waals surface area contributed by atoms with Gasteiger partial charge in [-0.05, 0) is 24.6 Å². The average molecular weight is 368 g/mol. The van der Waals surface area contributed by atoms with Gasteiger partial charge >= 0.3 is 5.97 Å². The summed E-state index contributed by atoms with van der Waals surface area (Å²) in [5.41, 5.74) is -0.685. The molecule has 2 atom stereocenters. The number of carboxylic acids is 1. The van der Waals surface area contributed by atoms with Gasteiger partial charge in [-0.3, -0.25) is 14.6 Å². The monoisotopic (exact) mass is 368 g/mol. The minimum absolute atomic E-state index is 0.181. The van der Waals surface area contributed by atoms with Crippen molar-refractivity contribution < 1.29 is 24.2 Å². The van der Waals surface area contributed by atoms with Gasteiger partial charge in [-0.25, -0.2) is 0 Å². The zero-order valence-electron chi connectivity index (χ0n) is 14.7. The Kier molecular flexibility index (Phi) is 4.53. The molecule has 0 aliphatic carbocycles. The lowest BCUT2D eigenvalue weighted by atomic mass is 9.74. The second kappa shape index (κ2) is 7.00. The number of likely N-dealkylation sites (tertiary alicyclic amines) is 1. The van der Waals surface area contributed by atoms with Gasteiger partial charge in [-0.15, -0.1) is 0 Å². The number of fused-ring (bicyclic) bond motifs is 1. The quantitative estimate of drug-likeness (QED) is 0.892. The number of rotatable bonds is 4. The van der Waals surface area contributed by atoms with Crippen molar-refractivity contribution in [2.45, 2.75) is 6.42 Å². The molecule has 2 saturated heterocycles. The molecule has 1 amide bonds. The molecule has 0 spiro atoms. The minimum atomic E-state index is -0.925. The SMILES string of the molecule is O=C(c1cc(Oc2ccccc2)ccn1)N1C[C@H]2COCC[C@@]2(C(=O)O)C1. The fourth-order valence-corrected chi connectivity index (χ4v) is 3.83. The van der Waals surface area contributed by atoms with Crippen LogP contribution in [0.2, 0.25) is 0 Å². The maximum absolute atomic E-state index is 12.9. The number of carbonyl (C=O) groups excluding carboxylic acids is 1.